The van der Waals surface area contributed by atoms with Gasteiger partial charge in [-0.25, -0.2) is 0 Å². The summed E-state index contributed by atoms with van der Waals surface area (Å²) in [6.45, 7) is 1.01. The number of aromatic nitrogens is 1. The highest BCUT2D eigenvalue weighted by atomic mass is 19.4. The third-order valence-corrected chi connectivity index (χ3v) is 4.26. The molecule has 148 valence electrons. The van der Waals surface area contributed by atoms with Gasteiger partial charge >= 0.3 is 6.18 Å². The average molecular weight is 393 g/mol. The first-order valence-corrected chi connectivity index (χ1v) is 8.67. The van der Waals surface area contributed by atoms with Gasteiger partial charge < -0.3 is 15.4 Å². The number of amides is 2. The number of para-hydroxylation sites is 1. The zero-order chi connectivity index (χ0) is 20.1. The van der Waals surface area contributed by atoms with Gasteiger partial charge in [-0.15, -0.1) is 0 Å². The zero-order valence-electron chi connectivity index (χ0n) is 14.8. The summed E-state index contributed by atoms with van der Waals surface area (Å²) < 4.78 is 44.6. The molecule has 1 fully saturated rings. The van der Waals surface area contributed by atoms with E-state index < -0.39 is 23.6 Å². The van der Waals surface area contributed by atoms with Crippen LogP contribution in [0.1, 0.15) is 39.1 Å². The van der Waals surface area contributed by atoms with E-state index in [1.807, 2.05) is 0 Å². The Hall–Kier alpha value is -2.94. The maximum atomic E-state index is 13.1. The first kappa shape index (κ1) is 19.8. The Morgan fingerprint density at radius 2 is 1.86 bits per heavy atom. The van der Waals surface area contributed by atoms with Gasteiger partial charge in [0.05, 0.1) is 28.5 Å². The largest absolute Gasteiger partial charge is 0.418 e. The van der Waals surface area contributed by atoms with Gasteiger partial charge in [0.25, 0.3) is 11.8 Å². The molecule has 0 saturated carbocycles. The number of ether oxygens (including phenoxy) is 1. The molecule has 0 radical (unpaired) electrons. The lowest BCUT2D eigenvalue weighted by Crippen LogP contribution is -2.32. The molecule has 1 aromatic heterocycles. The number of carbonyl (C=O) groups excluding carboxylic acids is 2. The number of nitrogens with zero attached hydrogens (tertiary/aromatic N) is 1. The van der Waals surface area contributed by atoms with E-state index in [1.54, 1.807) is 0 Å². The fourth-order valence-corrected chi connectivity index (χ4v) is 2.84. The molecule has 2 amide bonds. The summed E-state index contributed by atoms with van der Waals surface area (Å²) in [6, 6.07) is 5.94. The number of benzene rings is 1. The molecule has 28 heavy (non-hydrogen) atoms. The molecule has 2 N–H and O–H groups in total. The van der Waals surface area contributed by atoms with Crippen LogP contribution in [0, 0.1) is 0 Å². The number of halogens is 3. The SMILES string of the molecule is O=C(NCC1CCCO1)c1cncc(C(=O)Nc2ccccc2C(F)(F)F)c1. The molecular formula is C19H18F3N3O3. The molecule has 0 aliphatic carbocycles. The summed E-state index contributed by atoms with van der Waals surface area (Å²) in [4.78, 5) is 28.4. The maximum absolute atomic E-state index is 13.1. The quantitative estimate of drug-likeness (QED) is 0.817. The Bertz CT molecular complexity index is 865. The van der Waals surface area contributed by atoms with Gasteiger partial charge in [0.15, 0.2) is 0 Å². The average Bonchev–Trinajstić information content (AvgIpc) is 3.19. The van der Waals surface area contributed by atoms with E-state index in [0.717, 1.165) is 25.0 Å². The van der Waals surface area contributed by atoms with Crippen LogP contribution >= 0.6 is 0 Å². The van der Waals surface area contributed by atoms with Crippen LogP contribution in [0.3, 0.4) is 0 Å². The highest BCUT2D eigenvalue weighted by Gasteiger charge is 2.33. The Morgan fingerprint density at radius 3 is 2.54 bits per heavy atom. The van der Waals surface area contributed by atoms with Gasteiger partial charge in [-0.1, -0.05) is 12.1 Å². The second-order valence-electron chi connectivity index (χ2n) is 6.30. The van der Waals surface area contributed by atoms with Crippen molar-refractivity contribution in [3.8, 4) is 0 Å². The van der Waals surface area contributed by atoms with Gasteiger partial charge in [0.2, 0.25) is 0 Å². The highest BCUT2D eigenvalue weighted by molar-refractivity contribution is 6.06. The van der Waals surface area contributed by atoms with Crippen LogP contribution in [0.5, 0.6) is 0 Å². The van der Waals surface area contributed by atoms with Gasteiger partial charge in [-0.3, -0.25) is 14.6 Å². The van der Waals surface area contributed by atoms with E-state index in [4.69, 9.17) is 4.74 Å². The van der Waals surface area contributed by atoms with Crippen LogP contribution in [0.2, 0.25) is 0 Å². The molecule has 0 bridgehead atoms. The van der Waals surface area contributed by atoms with Crippen molar-refractivity contribution in [2.75, 3.05) is 18.5 Å². The van der Waals surface area contributed by atoms with Crippen molar-refractivity contribution in [1.29, 1.82) is 0 Å². The fraction of sp³-hybridized carbons (Fsp3) is 0.316. The van der Waals surface area contributed by atoms with E-state index in [0.29, 0.717) is 13.2 Å². The number of hydrogen-bond acceptors (Lipinski definition) is 4. The molecule has 2 aromatic rings. The summed E-state index contributed by atoms with van der Waals surface area (Å²) in [5, 5.41) is 4.93. The summed E-state index contributed by atoms with van der Waals surface area (Å²) >= 11 is 0. The Kier molecular flexibility index (Phi) is 5.93. The molecule has 0 spiro atoms. The Morgan fingerprint density at radius 1 is 1.14 bits per heavy atom. The number of carbonyl (C=O) groups is 2. The summed E-state index contributed by atoms with van der Waals surface area (Å²) in [7, 11) is 0. The number of nitrogens with one attached hydrogen (secondary N) is 2. The van der Waals surface area contributed by atoms with Crippen molar-refractivity contribution in [2.45, 2.75) is 25.1 Å². The lowest BCUT2D eigenvalue weighted by Gasteiger charge is -2.14. The molecule has 1 aliphatic heterocycles. The minimum absolute atomic E-state index is 0.0262. The normalized spacial score (nSPS) is 16.6. The molecule has 1 atom stereocenters. The first-order chi connectivity index (χ1) is 13.3. The van der Waals surface area contributed by atoms with E-state index in [1.165, 1.54) is 30.6 Å². The van der Waals surface area contributed by atoms with Crippen LogP contribution in [-0.2, 0) is 10.9 Å². The second-order valence-corrected chi connectivity index (χ2v) is 6.30. The van der Waals surface area contributed by atoms with Crippen molar-refractivity contribution < 1.29 is 27.5 Å². The number of alkyl halides is 3. The maximum Gasteiger partial charge on any atom is 0.418 e. The molecule has 6 nitrogen and oxygen atoms in total. The predicted octanol–water partition coefficient (Wildman–Crippen LogP) is 3.26. The van der Waals surface area contributed by atoms with Gasteiger partial charge in [0, 0.05) is 25.5 Å². The highest BCUT2D eigenvalue weighted by Crippen LogP contribution is 2.34. The molecule has 1 aromatic carbocycles. The van der Waals surface area contributed by atoms with Crippen molar-refractivity contribution in [2.24, 2.45) is 0 Å². The topological polar surface area (TPSA) is 80.3 Å². The molecular weight excluding hydrogens is 375 g/mol. The van der Waals surface area contributed by atoms with E-state index in [-0.39, 0.29) is 22.9 Å². The molecule has 1 unspecified atom stereocenters. The number of hydrogen-bond donors (Lipinski definition) is 2. The first-order valence-electron chi connectivity index (χ1n) is 8.67. The number of rotatable bonds is 5. The van der Waals surface area contributed by atoms with Crippen LogP contribution in [0.4, 0.5) is 18.9 Å². The van der Waals surface area contributed by atoms with Gasteiger partial charge in [-0.2, -0.15) is 13.2 Å². The summed E-state index contributed by atoms with van der Waals surface area (Å²) in [6.07, 6.45) is -0.376. The number of pyridine rings is 1. The molecule has 1 saturated heterocycles. The third-order valence-electron chi connectivity index (χ3n) is 4.26. The molecule has 2 heterocycles. The van der Waals surface area contributed by atoms with Crippen LogP contribution < -0.4 is 10.6 Å². The minimum Gasteiger partial charge on any atom is -0.376 e. The number of anilines is 1. The van der Waals surface area contributed by atoms with Crippen molar-refractivity contribution in [3.05, 3.63) is 59.4 Å². The van der Waals surface area contributed by atoms with E-state index in [9.17, 15) is 22.8 Å². The Labute approximate surface area is 159 Å². The molecule has 1 aliphatic rings. The van der Waals surface area contributed by atoms with Crippen molar-refractivity contribution in [1.82, 2.24) is 10.3 Å². The third kappa shape index (κ3) is 4.86. The monoisotopic (exact) mass is 393 g/mol. The second kappa shape index (κ2) is 8.39. The fourth-order valence-electron chi connectivity index (χ4n) is 2.84. The van der Waals surface area contributed by atoms with E-state index in [2.05, 4.69) is 15.6 Å². The summed E-state index contributed by atoms with van der Waals surface area (Å²) in [5.74, 6) is -1.23. The minimum atomic E-state index is -4.60. The van der Waals surface area contributed by atoms with Crippen LogP contribution in [-0.4, -0.2) is 36.1 Å². The van der Waals surface area contributed by atoms with Crippen molar-refractivity contribution in [3.63, 3.8) is 0 Å². The van der Waals surface area contributed by atoms with Crippen molar-refractivity contribution >= 4 is 17.5 Å². The smallest absolute Gasteiger partial charge is 0.376 e. The lowest BCUT2D eigenvalue weighted by molar-refractivity contribution is -0.136. The predicted molar refractivity (Wildman–Crippen MR) is 94.9 cm³/mol. The summed E-state index contributed by atoms with van der Waals surface area (Å²) in [5.41, 5.74) is -1.22. The van der Waals surface area contributed by atoms with Gasteiger partial charge in [-0.05, 0) is 31.0 Å². The standard InChI is InChI=1S/C19H18F3N3O3/c20-19(21,22)15-5-1-2-6-16(15)25-18(27)13-8-12(9-23-10-13)17(26)24-11-14-4-3-7-28-14/h1-2,5-6,8-10,14H,3-4,7,11H2,(H,24,26)(H,25,27). The molecule has 3 rings (SSSR count). The Balaban J connectivity index is 1.70. The lowest BCUT2D eigenvalue weighted by atomic mass is 10.1. The molecule has 9 heteroatoms. The van der Waals surface area contributed by atoms with Crippen LogP contribution in [0.25, 0.3) is 0 Å². The van der Waals surface area contributed by atoms with Crippen LogP contribution in [0.15, 0.2) is 42.7 Å². The van der Waals surface area contributed by atoms with E-state index >= 15 is 0 Å². The zero-order valence-corrected chi connectivity index (χ0v) is 14.8. The van der Waals surface area contributed by atoms with Gasteiger partial charge in [0.1, 0.15) is 0 Å².